The lowest BCUT2D eigenvalue weighted by Crippen LogP contribution is -2.15. The average Bonchev–Trinajstić information content (AvgIpc) is 2.71. The van der Waals surface area contributed by atoms with E-state index in [1.165, 1.54) is 0 Å². The Morgan fingerprint density at radius 2 is 1.79 bits per heavy atom. The smallest absolute Gasteiger partial charge is 0.276 e. The molecule has 0 bridgehead atoms. The van der Waals surface area contributed by atoms with E-state index in [-0.39, 0.29) is 11.6 Å². The van der Waals surface area contributed by atoms with Crippen LogP contribution >= 0.6 is 11.6 Å². The second-order valence-electron chi connectivity index (χ2n) is 5.91. The first-order chi connectivity index (χ1) is 13.5. The van der Waals surface area contributed by atoms with E-state index in [2.05, 4.69) is 20.8 Å². The third-order valence-corrected chi connectivity index (χ3v) is 4.25. The topological polar surface area (TPSA) is 85.4 Å². The number of rotatable bonds is 6. The zero-order valence-electron chi connectivity index (χ0n) is 15.6. The van der Waals surface area contributed by atoms with Crippen LogP contribution in [0.1, 0.15) is 16.1 Å². The second-order valence-corrected chi connectivity index (χ2v) is 6.34. The molecule has 0 saturated heterocycles. The number of halogens is 1. The molecule has 1 heterocycles. The SMILES string of the molecule is COc1ccc(Nc2ccc(C(=O)Nc3cc(Cl)ccc3C)nn2)c(OC)c1. The number of aryl methyl sites for hydroxylation is 1. The lowest BCUT2D eigenvalue weighted by molar-refractivity contribution is 0.102. The number of ether oxygens (including phenoxy) is 2. The van der Waals surface area contributed by atoms with Crippen molar-refractivity contribution in [2.24, 2.45) is 0 Å². The summed E-state index contributed by atoms with van der Waals surface area (Å²) in [7, 11) is 3.15. The molecule has 0 aliphatic carbocycles. The van der Waals surface area contributed by atoms with Crippen LogP contribution in [0.15, 0.2) is 48.5 Å². The predicted molar refractivity (Wildman–Crippen MR) is 109 cm³/mol. The molecule has 28 heavy (non-hydrogen) atoms. The monoisotopic (exact) mass is 398 g/mol. The van der Waals surface area contributed by atoms with Crippen LogP contribution in [0.25, 0.3) is 0 Å². The van der Waals surface area contributed by atoms with E-state index >= 15 is 0 Å². The van der Waals surface area contributed by atoms with Gasteiger partial charge < -0.3 is 20.1 Å². The zero-order chi connectivity index (χ0) is 20.1. The highest BCUT2D eigenvalue weighted by molar-refractivity contribution is 6.31. The quantitative estimate of drug-likeness (QED) is 0.638. The summed E-state index contributed by atoms with van der Waals surface area (Å²) in [5.74, 6) is 1.38. The zero-order valence-corrected chi connectivity index (χ0v) is 16.4. The molecular formula is C20H19ClN4O3. The molecule has 3 rings (SSSR count). The molecule has 0 unspecified atom stereocenters. The van der Waals surface area contributed by atoms with Gasteiger partial charge in [0.05, 0.1) is 19.9 Å². The highest BCUT2D eigenvalue weighted by Crippen LogP contribution is 2.30. The van der Waals surface area contributed by atoms with Crippen molar-refractivity contribution in [3.8, 4) is 11.5 Å². The molecule has 7 nitrogen and oxygen atoms in total. The van der Waals surface area contributed by atoms with Gasteiger partial charge in [0, 0.05) is 16.8 Å². The highest BCUT2D eigenvalue weighted by Gasteiger charge is 2.12. The number of benzene rings is 2. The van der Waals surface area contributed by atoms with Crippen LogP contribution in [0.4, 0.5) is 17.2 Å². The van der Waals surface area contributed by atoms with Crippen molar-refractivity contribution in [2.75, 3.05) is 24.9 Å². The maximum Gasteiger partial charge on any atom is 0.276 e. The fourth-order valence-electron chi connectivity index (χ4n) is 2.48. The number of methoxy groups -OCH3 is 2. The van der Waals surface area contributed by atoms with Gasteiger partial charge in [-0.2, -0.15) is 0 Å². The number of hydrogen-bond acceptors (Lipinski definition) is 6. The maximum absolute atomic E-state index is 12.4. The number of nitrogens with one attached hydrogen (secondary N) is 2. The van der Waals surface area contributed by atoms with E-state index in [1.54, 1.807) is 50.6 Å². The van der Waals surface area contributed by atoms with Gasteiger partial charge >= 0.3 is 0 Å². The van der Waals surface area contributed by atoms with E-state index in [1.807, 2.05) is 19.1 Å². The number of carbonyl (C=O) groups excluding carboxylic acids is 1. The molecule has 3 aromatic rings. The van der Waals surface area contributed by atoms with Crippen molar-refractivity contribution >= 4 is 34.7 Å². The van der Waals surface area contributed by atoms with E-state index in [0.717, 1.165) is 5.56 Å². The lowest BCUT2D eigenvalue weighted by atomic mass is 10.2. The molecule has 1 amide bonds. The molecule has 1 aromatic heterocycles. The van der Waals surface area contributed by atoms with Crippen molar-refractivity contribution in [1.29, 1.82) is 0 Å². The van der Waals surface area contributed by atoms with Crippen LogP contribution < -0.4 is 20.1 Å². The number of aromatic nitrogens is 2. The molecule has 0 radical (unpaired) electrons. The first kappa shape index (κ1) is 19.4. The largest absolute Gasteiger partial charge is 0.497 e. The van der Waals surface area contributed by atoms with Gasteiger partial charge in [0.1, 0.15) is 11.5 Å². The number of anilines is 3. The Morgan fingerprint density at radius 1 is 0.964 bits per heavy atom. The summed E-state index contributed by atoms with van der Waals surface area (Å²) in [6.07, 6.45) is 0. The normalized spacial score (nSPS) is 10.3. The van der Waals surface area contributed by atoms with Crippen molar-refractivity contribution in [3.63, 3.8) is 0 Å². The minimum atomic E-state index is -0.369. The molecule has 0 saturated carbocycles. The summed E-state index contributed by atoms with van der Waals surface area (Å²) in [5, 5.41) is 14.5. The Bertz CT molecular complexity index is 993. The van der Waals surface area contributed by atoms with Crippen LogP contribution in [0.3, 0.4) is 0 Å². The summed E-state index contributed by atoms with van der Waals surface area (Å²) in [4.78, 5) is 12.4. The second kappa shape index (κ2) is 8.58. The van der Waals surface area contributed by atoms with Crippen LogP contribution in [-0.2, 0) is 0 Å². The first-order valence-electron chi connectivity index (χ1n) is 8.40. The van der Waals surface area contributed by atoms with Crippen molar-refractivity contribution in [2.45, 2.75) is 6.92 Å². The van der Waals surface area contributed by atoms with Gasteiger partial charge in [0.15, 0.2) is 11.5 Å². The van der Waals surface area contributed by atoms with Gasteiger partial charge in [-0.15, -0.1) is 10.2 Å². The van der Waals surface area contributed by atoms with Gasteiger partial charge in [-0.05, 0) is 48.9 Å². The number of carbonyl (C=O) groups is 1. The van der Waals surface area contributed by atoms with Gasteiger partial charge in [-0.3, -0.25) is 4.79 Å². The van der Waals surface area contributed by atoms with Crippen molar-refractivity contribution in [3.05, 3.63) is 64.8 Å². The van der Waals surface area contributed by atoms with Gasteiger partial charge in [-0.25, -0.2) is 0 Å². The van der Waals surface area contributed by atoms with Crippen molar-refractivity contribution in [1.82, 2.24) is 10.2 Å². The molecule has 0 spiro atoms. The van der Waals surface area contributed by atoms with E-state index in [9.17, 15) is 4.79 Å². The minimum Gasteiger partial charge on any atom is -0.497 e. The fourth-order valence-corrected chi connectivity index (χ4v) is 2.65. The van der Waals surface area contributed by atoms with Crippen molar-refractivity contribution < 1.29 is 14.3 Å². The summed E-state index contributed by atoms with van der Waals surface area (Å²) >= 11 is 5.98. The molecule has 0 atom stereocenters. The summed E-state index contributed by atoms with van der Waals surface area (Å²) in [6.45, 7) is 1.88. The third-order valence-electron chi connectivity index (χ3n) is 4.02. The number of hydrogen-bond donors (Lipinski definition) is 2. The first-order valence-corrected chi connectivity index (χ1v) is 8.78. The highest BCUT2D eigenvalue weighted by atomic mass is 35.5. The van der Waals surface area contributed by atoms with Crippen LogP contribution in [0, 0.1) is 6.92 Å². The Labute approximate surface area is 167 Å². The van der Waals surface area contributed by atoms with Gasteiger partial charge in [0.2, 0.25) is 0 Å². The third kappa shape index (κ3) is 4.50. The van der Waals surface area contributed by atoms with Gasteiger partial charge in [0.25, 0.3) is 5.91 Å². The standard InChI is InChI=1S/C20H19ClN4O3/c1-12-4-5-13(21)10-17(12)23-20(26)16-8-9-19(25-24-16)22-15-7-6-14(27-2)11-18(15)28-3/h4-11H,1-3H3,(H,22,25)(H,23,26). The predicted octanol–water partition coefficient (Wildman–Crippen LogP) is 4.45. The fraction of sp³-hybridized carbons (Fsp3) is 0.150. The van der Waals surface area contributed by atoms with E-state index in [0.29, 0.717) is 33.7 Å². The van der Waals surface area contributed by atoms with E-state index < -0.39 is 0 Å². The van der Waals surface area contributed by atoms with Crippen LogP contribution in [-0.4, -0.2) is 30.3 Å². The Kier molecular flexibility index (Phi) is 5.96. The number of nitrogens with zero attached hydrogens (tertiary/aromatic N) is 2. The van der Waals surface area contributed by atoms with Crippen LogP contribution in [0.2, 0.25) is 5.02 Å². The summed E-state index contributed by atoms with van der Waals surface area (Å²) in [6, 6.07) is 13.9. The molecule has 2 N–H and O–H groups in total. The lowest BCUT2D eigenvalue weighted by Gasteiger charge is -2.12. The molecule has 0 aliphatic rings. The number of amides is 1. The minimum absolute atomic E-state index is 0.187. The molecular weight excluding hydrogens is 380 g/mol. The molecule has 8 heteroatoms. The van der Waals surface area contributed by atoms with Gasteiger partial charge in [-0.1, -0.05) is 17.7 Å². The summed E-state index contributed by atoms with van der Waals surface area (Å²) in [5.41, 5.74) is 2.41. The molecule has 144 valence electrons. The maximum atomic E-state index is 12.4. The molecule has 2 aromatic carbocycles. The summed E-state index contributed by atoms with van der Waals surface area (Å²) < 4.78 is 10.5. The Hall–Kier alpha value is -3.32. The Balaban J connectivity index is 1.73. The Morgan fingerprint density at radius 3 is 2.46 bits per heavy atom. The van der Waals surface area contributed by atoms with Crippen LogP contribution in [0.5, 0.6) is 11.5 Å². The molecule has 0 aliphatic heterocycles. The molecule has 0 fully saturated rings. The van der Waals surface area contributed by atoms with E-state index in [4.69, 9.17) is 21.1 Å². The average molecular weight is 399 g/mol.